The van der Waals surface area contributed by atoms with Crippen molar-refractivity contribution >= 4 is 11.9 Å². The van der Waals surface area contributed by atoms with Crippen LogP contribution < -0.4 is 0 Å². The summed E-state index contributed by atoms with van der Waals surface area (Å²) >= 11 is 0. The third-order valence-electron chi connectivity index (χ3n) is 4.17. The average molecular weight is 339 g/mol. The summed E-state index contributed by atoms with van der Waals surface area (Å²) in [5, 5.41) is 0. The normalized spacial score (nSPS) is 11.6. The van der Waals surface area contributed by atoms with Crippen LogP contribution in [0.1, 0.15) is 47.8 Å². The van der Waals surface area contributed by atoms with E-state index in [9.17, 15) is 9.59 Å². The zero-order valence-corrected chi connectivity index (χ0v) is 15.1. The lowest BCUT2D eigenvalue weighted by molar-refractivity contribution is -0.143. The van der Waals surface area contributed by atoms with Gasteiger partial charge in [0, 0.05) is 12.1 Å². The summed E-state index contributed by atoms with van der Waals surface area (Å²) in [4.78, 5) is 26.5. The molecular weight excluding hydrogens is 314 g/mol. The van der Waals surface area contributed by atoms with Crippen molar-refractivity contribution in [3.8, 4) is 0 Å². The van der Waals surface area contributed by atoms with Gasteiger partial charge in [0.05, 0.1) is 19.1 Å². The van der Waals surface area contributed by atoms with Gasteiger partial charge in [0.25, 0.3) is 5.91 Å². The number of nitrogens with zero attached hydrogens (tertiary/aromatic N) is 1. The first-order valence-electron chi connectivity index (χ1n) is 8.61. The molecule has 2 rings (SSSR count). The molecule has 0 N–H and O–H groups in total. The zero-order valence-electron chi connectivity index (χ0n) is 15.1. The largest absolute Gasteiger partial charge is 0.466 e. The molecule has 0 aliphatic carbocycles. The van der Waals surface area contributed by atoms with Crippen LogP contribution in [0.3, 0.4) is 0 Å². The summed E-state index contributed by atoms with van der Waals surface area (Å²) in [6.07, 6.45) is 0.183. The zero-order chi connectivity index (χ0) is 18.2. The van der Waals surface area contributed by atoms with Crippen molar-refractivity contribution in [2.75, 3.05) is 13.2 Å². The second-order valence-corrected chi connectivity index (χ2v) is 6.01. The van der Waals surface area contributed by atoms with Crippen molar-refractivity contribution in [1.29, 1.82) is 0 Å². The van der Waals surface area contributed by atoms with Crippen LogP contribution in [0, 0.1) is 6.92 Å². The fourth-order valence-corrected chi connectivity index (χ4v) is 2.69. The van der Waals surface area contributed by atoms with Crippen molar-refractivity contribution in [1.82, 2.24) is 4.90 Å². The highest BCUT2D eigenvalue weighted by atomic mass is 16.5. The molecule has 0 saturated carbocycles. The van der Waals surface area contributed by atoms with E-state index in [1.165, 1.54) is 0 Å². The maximum Gasteiger partial charge on any atom is 0.307 e. The Bertz CT molecular complexity index is 695. The number of esters is 1. The van der Waals surface area contributed by atoms with Crippen molar-refractivity contribution in [3.63, 3.8) is 0 Å². The van der Waals surface area contributed by atoms with Gasteiger partial charge in [0.15, 0.2) is 0 Å². The number of ether oxygens (including phenoxy) is 1. The number of hydrogen-bond acceptors (Lipinski definition) is 3. The van der Waals surface area contributed by atoms with E-state index >= 15 is 0 Å². The maximum absolute atomic E-state index is 13.0. The van der Waals surface area contributed by atoms with E-state index in [1.54, 1.807) is 11.8 Å². The minimum absolute atomic E-state index is 0.0827. The Morgan fingerprint density at radius 1 is 1.04 bits per heavy atom. The predicted octanol–water partition coefficient (Wildman–Crippen LogP) is 4.15. The Morgan fingerprint density at radius 2 is 1.68 bits per heavy atom. The van der Waals surface area contributed by atoms with Gasteiger partial charge in [0.2, 0.25) is 0 Å². The van der Waals surface area contributed by atoms with E-state index in [4.69, 9.17) is 4.74 Å². The first-order valence-corrected chi connectivity index (χ1v) is 8.61. The lowest BCUT2D eigenvalue weighted by Gasteiger charge is -2.29. The number of carbonyl (C=O) groups excluding carboxylic acids is 2. The number of carbonyl (C=O) groups is 2. The highest BCUT2D eigenvalue weighted by molar-refractivity contribution is 5.94. The second kappa shape index (κ2) is 9.02. The summed E-state index contributed by atoms with van der Waals surface area (Å²) < 4.78 is 5.00. The van der Waals surface area contributed by atoms with Gasteiger partial charge >= 0.3 is 5.97 Å². The molecule has 0 aromatic heterocycles. The van der Waals surface area contributed by atoms with E-state index in [1.807, 2.05) is 68.4 Å². The lowest BCUT2D eigenvalue weighted by Crippen LogP contribution is -2.35. The molecule has 1 atom stereocenters. The first kappa shape index (κ1) is 18.7. The third kappa shape index (κ3) is 5.18. The Morgan fingerprint density at radius 3 is 2.28 bits per heavy atom. The standard InChI is InChI=1S/C21H25NO3/c1-4-25-20(23)14-15-22(17(3)18-8-6-5-7-9-18)21(24)19-12-10-16(2)11-13-19/h5-13,17H,4,14-15H2,1-3H3. The molecule has 0 aliphatic rings. The number of aryl methyl sites for hydroxylation is 1. The molecule has 1 unspecified atom stereocenters. The van der Waals surface area contributed by atoms with Crippen LogP contribution in [0.4, 0.5) is 0 Å². The molecule has 0 bridgehead atoms. The minimum atomic E-state index is -0.288. The SMILES string of the molecule is CCOC(=O)CCN(C(=O)c1ccc(C)cc1)C(C)c1ccccc1. The van der Waals surface area contributed by atoms with Gasteiger partial charge in [-0.1, -0.05) is 48.0 Å². The average Bonchev–Trinajstić information content (AvgIpc) is 2.63. The Labute approximate surface area is 149 Å². The fraction of sp³-hybridized carbons (Fsp3) is 0.333. The Hall–Kier alpha value is -2.62. The molecule has 25 heavy (non-hydrogen) atoms. The van der Waals surface area contributed by atoms with Crippen LogP contribution in [-0.2, 0) is 9.53 Å². The molecule has 1 amide bonds. The second-order valence-electron chi connectivity index (χ2n) is 6.01. The van der Waals surface area contributed by atoms with Crippen molar-refractivity contribution in [3.05, 3.63) is 71.3 Å². The monoisotopic (exact) mass is 339 g/mol. The van der Waals surface area contributed by atoms with Crippen LogP contribution in [-0.4, -0.2) is 29.9 Å². The molecule has 2 aromatic carbocycles. The smallest absolute Gasteiger partial charge is 0.307 e. The molecule has 0 radical (unpaired) electrons. The number of benzene rings is 2. The quantitative estimate of drug-likeness (QED) is 0.712. The fourth-order valence-electron chi connectivity index (χ4n) is 2.69. The van der Waals surface area contributed by atoms with Crippen LogP contribution >= 0.6 is 0 Å². The molecule has 4 nitrogen and oxygen atoms in total. The molecule has 132 valence electrons. The van der Waals surface area contributed by atoms with Gasteiger partial charge in [-0.05, 0) is 38.5 Å². The van der Waals surface area contributed by atoms with Crippen LogP contribution in [0.5, 0.6) is 0 Å². The van der Waals surface area contributed by atoms with Crippen molar-refractivity contribution < 1.29 is 14.3 Å². The van der Waals surface area contributed by atoms with Gasteiger partial charge < -0.3 is 9.64 Å². The van der Waals surface area contributed by atoms with Crippen LogP contribution in [0.2, 0.25) is 0 Å². The van der Waals surface area contributed by atoms with Crippen molar-refractivity contribution in [2.45, 2.75) is 33.2 Å². The summed E-state index contributed by atoms with van der Waals surface area (Å²) in [5.74, 6) is -0.370. The minimum Gasteiger partial charge on any atom is -0.466 e. The third-order valence-corrected chi connectivity index (χ3v) is 4.17. The molecule has 0 aliphatic heterocycles. The molecule has 0 heterocycles. The predicted molar refractivity (Wildman–Crippen MR) is 98.3 cm³/mol. The van der Waals surface area contributed by atoms with Gasteiger partial charge in [-0.3, -0.25) is 9.59 Å². The van der Waals surface area contributed by atoms with Gasteiger partial charge in [0.1, 0.15) is 0 Å². The number of rotatable bonds is 7. The summed E-state index contributed by atoms with van der Waals surface area (Å²) in [6.45, 7) is 6.41. The van der Waals surface area contributed by atoms with E-state index in [0.29, 0.717) is 18.7 Å². The van der Waals surface area contributed by atoms with Gasteiger partial charge in [-0.2, -0.15) is 0 Å². The van der Waals surface area contributed by atoms with E-state index in [2.05, 4.69) is 0 Å². The summed E-state index contributed by atoms with van der Waals surface area (Å²) in [6, 6.07) is 17.2. The Balaban J connectivity index is 2.22. The summed E-state index contributed by atoms with van der Waals surface area (Å²) in [5.41, 5.74) is 2.76. The molecule has 2 aromatic rings. The summed E-state index contributed by atoms with van der Waals surface area (Å²) in [7, 11) is 0. The Kier molecular flexibility index (Phi) is 6.75. The van der Waals surface area contributed by atoms with Crippen LogP contribution in [0.25, 0.3) is 0 Å². The molecule has 0 spiro atoms. The number of hydrogen-bond donors (Lipinski definition) is 0. The highest BCUT2D eigenvalue weighted by Gasteiger charge is 2.23. The van der Waals surface area contributed by atoms with Crippen LogP contribution in [0.15, 0.2) is 54.6 Å². The molecule has 4 heteroatoms. The number of amides is 1. The molecule has 0 saturated heterocycles. The van der Waals surface area contributed by atoms with Gasteiger partial charge in [-0.15, -0.1) is 0 Å². The van der Waals surface area contributed by atoms with Crippen molar-refractivity contribution in [2.24, 2.45) is 0 Å². The maximum atomic E-state index is 13.0. The van der Waals surface area contributed by atoms with Gasteiger partial charge in [-0.25, -0.2) is 0 Å². The highest BCUT2D eigenvalue weighted by Crippen LogP contribution is 2.23. The molecular formula is C21H25NO3. The lowest BCUT2D eigenvalue weighted by atomic mass is 10.0. The topological polar surface area (TPSA) is 46.6 Å². The van der Waals surface area contributed by atoms with E-state index in [-0.39, 0.29) is 24.3 Å². The van der Waals surface area contributed by atoms with E-state index < -0.39 is 0 Å². The van der Waals surface area contributed by atoms with E-state index in [0.717, 1.165) is 11.1 Å². The molecule has 0 fully saturated rings. The first-order chi connectivity index (χ1) is 12.0.